The highest BCUT2D eigenvalue weighted by Gasteiger charge is 2.31. The number of rotatable bonds is 7. The van der Waals surface area contributed by atoms with Gasteiger partial charge in [-0.25, -0.2) is 4.79 Å². The van der Waals surface area contributed by atoms with Crippen molar-refractivity contribution in [3.63, 3.8) is 0 Å². The van der Waals surface area contributed by atoms with Crippen LogP contribution in [0.15, 0.2) is 72.1 Å². The number of ether oxygens (including phenoxy) is 4. The number of fused-ring (bicyclic) bond motifs is 1. The number of nitrogens with zero attached hydrogens (tertiary/aromatic N) is 1. The van der Waals surface area contributed by atoms with Gasteiger partial charge in [-0.15, -0.1) is 0 Å². The topological polar surface area (TPSA) is 104 Å². The van der Waals surface area contributed by atoms with E-state index in [1.807, 2.05) is 31.2 Å². The molecule has 0 fully saturated rings. The number of benzene rings is 3. The molecular weight excluding hydrogens is 468 g/mol. The number of nitriles is 1. The van der Waals surface area contributed by atoms with E-state index in [0.717, 1.165) is 23.3 Å². The van der Waals surface area contributed by atoms with Crippen LogP contribution in [0.1, 0.15) is 40.7 Å². The van der Waals surface area contributed by atoms with Crippen molar-refractivity contribution in [2.75, 3.05) is 13.7 Å². The Bertz CT molecular complexity index is 1330. The Balaban J connectivity index is 1.62. The first kappa shape index (κ1) is 24.0. The van der Waals surface area contributed by atoms with Gasteiger partial charge in [-0.1, -0.05) is 36.7 Å². The minimum atomic E-state index is -0.592. The average Bonchev–Trinajstić information content (AvgIpc) is 2.86. The third-order valence-corrected chi connectivity index (χ3v) is 5.77. The molecule has 3 aromatic carbocycles. The summed E-state index contributed by atoms with van der Waals surface area (Å²) in [6, 6.07) is 19.3. The van der Waals surface area contributed by atoms with Gasteiger partial charge in [-0.3, -0.25) is 0 Å². The third kappa shape index (κ3) is 5.03. The number of carbonyl (C=O) groups excluding carboxylic acids is 1. The lowest BCUT2D eigenvalue weighted by atomic mass is 9.83. The molecule has 0 saturated carbocycles. The first-order valence-corrected chi connectivity index (χ1v) is 11.3. The molecule has 1 aliphatic heterocycles. The van der Waals surface area contributed by atoms with Crippen LogP contribution >= 0.6 is 11.6 Å². The molecule has 4 rings (SSSR count). The lowest BCUT2D eigenvalue weighted by Crippen LogP contribution is -2.21. The van der Waals surface area contributed by atoms with Crippen molar-refractivity contribution in [3.8, 4) is 29.1 Å². The summed E-state index contributed by atoms with van der Waals surface area (Å²) >= 11 is 6.12. The highest BCUT2D eigenvalue weighted by molar-refractivity contribution is 6.32. The molecule has 7 nitrogen and oxygen atoms in total. The summed E-state index contributed by atoms with van der Waals surface area (Å²) in [5.41, 5.74) is 8.24. The number of halogens is 1. The molecule has 178 valence electrons. The van der Waals surface area contributed by atoms with E-state index in [0.29, 0.717) is 28.7 Å². The van der Waals surface area contributed by atoms with Crippen molar-refractivity contribution in [3.05, 3.63) is 93.8 Å². The zero-order valence-corrected chi connectivity index (χ0v) is 20.0. The summed E-state index contributed by atoms with van der Waals surface area (Å²) < 4.78 is 22.0. The Morgan fingerprint density at radius 2 is 1.86 bits per heavy atom. The summed E-state index contributed by atoms with van der Waals surface area (Å²) in [4.78, 5) is 12.6. The Morgan fingerprint density at radius 3 is 2.51 bits per heavy atom. The Labute approximate surface area is 208 Å². The maximum atomic E-state index is 12.6. The monoisotopic (exact) mass is 490 g/mol. The van der Waals surface area contributed by atoms with E-state index in [1.54, 1.807) is 30.3 Å². The van der Waals surface area contributed by atoms with Gasteiger partial charge in [-0.2, -0.15) is 5.26 Å². The molecule has 0 radical (unpaired) electrons. The van der Waals surface area contributed by atoms with E-state index in [-0.39, 0.29) is 17.2 Å². The van der Waals surface area contributed by atoms with Crippen molar-refractivity contribution < 1.29 is 23.7 Å². The molecule has 2 N–H and O–H groups in total. The van der Waals surface area contributed by atoms with Crippen LogP contribution in [0.4, 0.5) is 0 Å². The molecule has 1 unspecified atom stereocenters. The van der Waals surface area contributed by atoms with Crippen LogP contribution in [0.5, 0.6) is 23.0 Å². The SMILES string of the molecule is CCCOc1ccc(C2C(C#N)=C(N)Oc3cc(OC(=O)c4ccc(OC)c(Cl)c4)ccc32)cc1. The van der Waals surface area contributed by atoms with E-state index in [2.05, 4.69) is 6.07 Å². The fourth-order valence-electron chi connectivity index (χ4n) is 3.78. The molecule has 35 heavy (non-hydrogen) atoms. The Kier molecular flexibility index (Phi) is 7.14. The van der Waals surface area contributed by atoms with Crippen molar-refractivity contribution >= 4 is 17.6 Å². The van der Waals surface area contributed by atoms with Crippen LogP contribution in [0.2, 0.25) is 5.02 Å². The lowest BCUT2D eigenvalue weighted by Gasteiger charge is -2.26. The molecule has 0 saturated heterocycles. The summed E-state index contributed by atoms with van der Waals surface area (Å²) in [6.07, 6.45) is 0.908. The van der Waals surface area contributed by atoms with Gasteiger partial charge in [0, 0.05) is 11.6 Å². The first-order chi connectivity index (χ1) is 16.9. The summed E-state index contributed by atoms with van der Waals surface area (Å²) in [7, 11) is 1.49. The largest absolute Gasteiger partial charge is 0.495 e. The number of hydrogen-bond acceptors (Lipinski definition) is 7. The predicted octanol–water partition coefficient (Wildman–Crippen LogP) is 5.57. The smallest absolute Gasteiger partial charge is 0.343 e. The van der Waals surface area contributed by atoms with Gasteiger partial charge in [0.25, 0.3) is 0 Å². The van der Waals surface area contributed by atoms with Gasteiger partial charge >= 0.3 is 5.97 Å². The quantitative estimate of drug-likeness (QED) is 0.340. The zero-order valence-electron chi connectivity index (χ0n) is 19.2. The standard InChI is InChI=1S/C27H23ClN2O5/c1-3-12-33-18-7-4-16(5-8-18)25-20-10-9-19(14-24(20)35-26(30)21(25)15-29)34-27(31)17-6-11-23(32-2)22(28)13-17/h4-11,13-14,25H,3,12,30H2,1-2H3. The van der Waals surface area contributed by atoms with Crippen LogP contribution in [0.3, 0.4) is 0 Å². The van der Waals surface area contributed by atoms with Crippen LogP contribution in [0.25, 0.3) is 0 Å². The molecule has 1 aliphatic rings. The zero-order chi connectivity index (χ0) is 24.9. The molecular formula is C27H23ClN2O5. The van der Waals surface area contributed by atoms with Gasteiger partial charge < -0.3 is 24.7 Å². The molecule has 8 heteroatoms. The number of esters is 1. The highest BCUT2D eigenvalue weighted by atomic mass is 35.5. The predicted molar refractivity (Wildman–Crippen MR) is 131 cm³/mol. The van der Waals surface area contributed by atoms with E-state index in [1.165, 1.54) is 13.2 Å². The normalized spacial score (nSPS) is 14.4. The Hall–Kier alpha value is -4.15. The summed E-state index contributed by atoms with van der Waals surface area (Å²) in [6.45, 7) is 2.66. The maximum Gasteiger partial charge on any atom is 0.343 e. The molecule has 0 amide bonds. The van der Waals surface area contributed by atoms with Crippen molar-refractivity contribution in [1.82, 2.24) is 0 Å². The van der Waals surface area contributed by atoms with Gasteiger partial charge in [0.2, 0.25) is 5.88 Å². The number of methoxy groups -OCH3 is 1. The van der Waals surface area contributed by atoms with Gasteiger partial charge in [0.1, 0.15) is 34.6 Å². The van der Waals surface area contributed by atoms with Gasteiger partial charge in [0.15, 0.2) is 0 Å². The second-order valence-electron chi connectivity index (χ2n) is 7.78. The van der Waals surface area contributed by atoms with E-state index in [4.69, 9.17) is 36.3 Å². The van der Waals surface area contributed by atoms with E-state index in [9.17, 15) is 10.1 Å². The molecule has 0 aliphatic carbocycles. The van der Waals surface area contributed by atoms with E-state index >= 15 is 0 Å². The van der Waals surface area contributed by atoms with Crippen LogP contribution in [-0.4, -0.2) is 19.7 Å². The number of allylic oxidation sites excluding steroid dienone is 1. The molecule has 0 aromatic heterocycles. The average molecular weight is 491 g/mol. The Morgan fingerprint density at radius 1 is 1.11 bits per heavy atom. The van der Waals surface area contributed by atoms with Crippen LogP contribution in [0, 0.1) is 11.3 Å². The number of carbonyl (C=O) groups is 1. The highest BCUT2D eigenvalue weighted by Crippen LogP contribution is 2.43. The van der Waals surface area contributed by atoms with Gasteiger partial charge in [0.05, 0.1) is 30.2 Å². The fraction of sp³-hybridized carbons (Fsp3) is 0.185. The van der Waals surface area contributed by atoms with E-state index < -0.39 is 11.9 Å². The summed E-state index contributed by atoms with van der Waals surface area (Å²) in [5, 5.41) is 10.1. The third-order valence-electron chi connectivity index (χ3n) is 5.47. The summed E-state index contributed by atoms with van der Waals surface area (Å²) in [5.74, 6) is 0.838. The van der Waals surface area contributed by atoms with Crippen molar-refractivity contribution in [2.45, 2.75) is 19.3 Å². The minimum Gasteiger partial charge on any atom is -0.495 e. The van der Waals surface area contributed by atoms with Crippen LogP contribution in [-0.2, 0) is 0 Å². The van der Waals surface area contributed by atoms with Crippen molar-refractivity contribution in [1.29, 1.82) is 5.26 Å². The minimum absolute atomic E-state index is 0.00159. The fourth-order valence-corrected chi connectivity index (χ4v) is 4.04. The molecule has 3 aromatic rings. The van der Waals surface area contributed by atoms with Crippen LogP contribution < -0.4 is 24.7 Å². The number of hydrogen-bond donors (Lipinski definition) is 1. The lowest BCUT2D eigenvalue weighted by molar-refractivity contribution is 0.0734. The molecule has 1 heterocycles. The van der Waals surface area contributed by atoms with Gasteiger partial charge in [-0.05, 0) is 48.4 Å². The van der Waals surface area contributed by atoms with Crippen molar-refractivity contribution in [2.24, 2.45) is 5.73 Å². The second kappa shape index (κ2) is 10.4. The molecule has 0 spiro atoms. The first-order valence-electron chi connectivity index (χ1n) is 10.9. The second-order valence-corrected chi connectivity index (χ2v) is 8.19. The molecule has 1 atom stereocenters. The maximum absolute atomic E-state index is 12.6. The number of nitrogens with two attached hydrogens (primary N) is 1. The molecule has 0 bridgehead atoms.